The number of rotatable bonds is 12. The van der Waals surface area contributed by atoms with Gasteiger partial charge < -0.3 is 10.2 Å². The molecule has 0 radical (unpaired) electrons. The van der Waals surface area contributed by atoms with Crippen molar-refractivity contribution in [1.82, 2.24) is 10.2 Å². The second-order valence-electron chi connectivity index (χ2n) is 10.3. The summed E-state index contributed by atoms with van der Waals surface area (Å²) in [5.41, 5.74) is 4.04. The summed E-state index contributed by atoms with van der Waals surface area (Å²) in [6.07, 6.45) is 2.19. The summed E-state index contributed by atoms with van der Waals surface area (Å²) in [5.74, 6) is -0.819. The van der Waals surface area contributed by atoms with Crippen LogP contribution in [0.1, 0.15) is 22.3 Å². The van der Waals surface area contributed by atoms with Crippen molar-refractivity contribution in [2.24, 2.45) is 0 Å². The highest BCUT2D eigenvalue weighted by molar-refractivity contribution is 7.98. The van der Waals surface area contributed by atoms with E-state index in [2.05, 4.69) is 5.32 Å². The van der Waals surface area contributed by atoms with Crippen molar-refractivity contribution in [3.05, 3.63) is 125 Å². The Morgan fingerprint density at radius 2 is 1.47 bits per heavy atom. The lowest BCUT2D eigenvalue weighted by atomic mass is 10.0. The molecule has 0 unspecified atom stereocenters. The molecule has 0 bridgehead atoms. The van der Waals surface area contributed by atoms with Crippen LogP contribution in [0.2, 0.25) is 0 Å². The van der Waals surface area contributed by atoms with Gasteiger partial charge in [-0.05, 0) is 73.2 Å². The third kappa shape index (κ3) is 7.86. The van der Waals surface area contributed by atoms with Gasteiger partial charge in [-0.2, -0.15) is 0 Å². The molecule has 0 aliphatic carbocycles. The van der Waals surface area contributed by atoms with Crippen molar-refractivity contribution in [3.8, 4) is 0 Å². The summed E-state index contributed by atoms with van der Waals surface area (Å²) < 4.78 is 29.4. The van der Waals surface area contributed by atoms with E-state index in [0.717, 1.165) is 31.5 Å². The molecule has 2 amide bonds. The Kier molecular flexibility index (Phi) is 10.7. The lowest BCUT2D eigenvalue weighted by Gasteiger charge is -2.34. The fourth-order valence-electron chi connectivity index (χ4n) is 4.81. The Morgan fingerprint density at radius 3 is 2.07 bits per heavy atom. The Labute approximate surface area is 259 Å². The first-order valence-corrected chi connectivity index (χ1v) is 16.6. The first-order valence-electron chi connectivity index (χ1n) is 14.0. The van der Waals surface area contributed by atoms with E-state index in [9.17, 15) is 18.0 Å². The number of aryl methyl sites for hydroxylation is 2. The van der Waals surface area contributed by atoms with Gasteiger partial charge in [0.1, 0.15) is 12.6 Å². The molecule has 0 aliphatic rings. The maximum atomic E-state index is 14.4. The van der Waals surface area contributed by atoms with Crippen LogP contribution < -0.4 is 9.62 Å². The van der Waals surface area contributed by atoms with Gasteiger partial charge in [0.25, 0.3) is 10.0 Å². The van der Waals surface area contributed by atoms with Gasteiger partial charge in [-0.25, -0.2) is 8.42 Å². The van der Waals surface area contributed by atoms with E-state index in [1.54, 1.807) is 36.4 Å². The average molecular weight is 616 g/mol. The minimum atomic E-state index is -4.14. The van der Waals surface area contributed by atoms with E-state index in [-0.39, 0.29) is 23.8 Å². The van der Waals surface area contributed by atoms with Crippen LogP contribution in [0.5, 0.6) is 0 Å². The third-order valence-corrected chi connectivity index (χ3v) is 9.90. The zero-order valence-electron chi connectivity index (χ0n) is 24.9. The molecule has 0 aromatic heterocycles. The minimum absolute atomic E-state index is 0.0799. The highest BCUT2D eigenvalue weighted by atomic mass is 32.2. The second kappa shape index (κ2) is 14.4. The zero-order chi connectivity index (χ0) is 31.0. The number of carbonyl (C=O) groups excluding carboxylic acids is 2. The van der Waals surface area contributed by atoms with Crippen molar-refractivity contribution >= 4 is 39.3 Å². The molecule has 0 saturated carbocycles. The molecule has 0 saturated heterocycles. The van der Waals surface area contributed by atoms with Crippen LogP contribution in [0.25, 0.3) is 0 Å². The number of sulfonamides is 1. The van der Waals surface area contributed by atoms with Gasteiger partial charge in [0.2, 0.25) is 11.8 Å². The molecule has 0 fully saturated rings. The van der Waals surface area contributed by atoms with Gasteiger partial charge in [-0.3, -0.25) is 13.9 Å². The second-order valence-corrected chi connectivity index (χ2v) is 13.0. The number of hydrogen-bond acceptors (Lipinski definition) is 5. The van der Waals surface area contributed by atoms with Crippen LogP contribution in [-0.4, -0.2) is 51.0 Å². The number of carbonyl (C=O) groups is 2. The molecule has 4 aromatic carbocycles. The van der Waals surface area contributed by atoms with Crippen LogP contribution in [0.15, 0.2) is 113 Å². The summed E-state index contributed by atoms with van der Waals surface area (Å²) in [5, 5.41) is 2.71. The standard InChI is InChI=1S/C34H37N3O4S2/c1-25-14-16-29(17-15-25)37(43(40,41)31-20-18-30(42-4)19-21-31)24-33(38)36(23-28-13-9-8-10-26(28)2)32(34(39)35-3)22-27-11-6-5-7-12-27/h5-21,32H,22-24H2,1-4H3,(H,35,39)/t32-/m1/s1. The maximum Gasteiger partial charge on any atom is 0.264 e. The Hall–Kier alpha value is -4.08. The predicted molar refractivity (Wildman–Crippen MR) is 174 cm³/mol. The van der Waals surface area contributed by atoms with Crippen LogP contribution in [0.3, 0.4) is 0 Å². The first-order chi connectivity index (χ1) is 20.6. The molecular weight excluding hydrogens is 579 g/mol. The topological polar surface area (TPSA) is 86.8 Å². The summed E-state index contributed by atoms with van der Waals surface area (Å²) in [4.78, 5) is 30.3. The van der Waals surface area contributed by atoms with E-state index in [0.29, 0.717) is 5.69 Å². The van der Waals surface area contributed by atoms with Gasteiger partial charge in [0.15, 0.2) is 0 Å². The summed E-state index contributed by atoms with van der Waals surface area (Å²) >= 11 is 1.51. The third-order valence-electron chi connectivity index (χ3n) is 7.37. The van der Waals surface area contributed by atoms with E-state index in [1.165, 1.54) is 23.7 Å². The smallest absolute Gasteiger partial charge is 0.264 e. The SMILES string of the molecule is CNC(=O)[C@@H](Cc1ccccc1)N(Cc1ccccc1C)C(=O)CN(c1ccc(C)cc1)S(=O)(=O)c1ccc(SC)cc1. The lowest BCUT2D eigenvalue weighted by molar-refractivity contribution is -0.139. The first kappa shape index (κ1) is 31.8. The molecule has 7 nitrogen and oxygen atoms in total. The van der Waals surface area contributed by atoms with Crippen molar-refractivity contribution in [2.75, 3.05) is 24.2 Å². The fraction of sp³-hybridized carbons (Fsp3) is 0.235. The maximum absolute atomic E-state index is 14.4. The summed E-state index contributed by atoms with van der Waals surface area (Å²) in [6, 6.07) is 29.9. The van der Waals surface area contributed by atoms with Crippen LogP contribution in [-0.2, 0) is 32.6 Å². The van der Waals surface area contributed by atoms with E-state index in [4.69, 9.17) is 0 Å². The molecule has 9 heteroatoms. The number of benzene rings is 4. The molecule has 1 N–H and O–H groups in total. The number of likely N-dealkylation sites (N-methyl/N-ethyl adjacent to an activating group) is 1. The Morgan fingerprint density at radius 1 is 0.837 bits per heavy atom. The number of hydrogen-bond donors (Lipinski definition) is 1. The Balaban J connectivity index is 1.79. The molecule has 0 aliphatic heterocycles. The number of nitrogens with one attached hydrogen (secondary N) is 1. The molecule has 0 spiro atoms. The molecule has 224 valence electrons. The fourth-order valence-corrected chi connectivity index (χ4v) is 6.63. The minimum Gasteiger partial charge on any atom is -0.357 e. The molecule has 4 rings (SSSR count). The normalized spacial score (nSPS) is 11.9. The molecule has 0 heterocycles. The largest absolute Gasteiger partial charge is 0.357 e. The quantitative estimate of drug-likeness (QED) is 0.210. The molecule has 4 aromatic rings. The molecule has 43 heavy (non-hydrogen) atoms. The van der Waals surface area contributed by atoms with Gasteiger partial charge in [-0.1, -0.05) is 72.3 Å². The summed E-state index contributed by atoms with van der Waals surface area (Å²) in [6.45, 7) is 3.52. The highest BCUT2D eigenvalue weighted by Crippen LogP contribution is 2.27. The average Bonchev–Trinajstić information content (AvgIpc) is 3.02. The van der Waals surface area contributed by atoms with Gasteiger partial charge in [-0.15, -0.1) is 11.8 Å². The lowest BCUT2D eigenvalue weighted by Crippen LogP contribution is -2.53. The van der Waals surface area contributed by atoms with Crippen molar-refractivity contribution in [1.29, 1.82) is 0 Å². The van der Waals surface area contributed by atoms with Crippen LogP contribution >= 0.6 is 11.8 Å². The van der Waals surface area contributed by atoms with Gasteiger partial charge in [0, 0.05) is 24.9 Å². The number of thioether (sulfide) groups is 1. The van der Waals surface area contributed by atoms with Gasteiger partial charge in [0.05, 0.1) is 10.6 Å². The van der Waals surface area contributed by atoms with Gasteiger partial charge >= 0.3 is 0 Å². The number of amides is 2. The van der Waals surface area contributed by atoms with Crippen LogP contribution in [0.4, 0.5) is 5.69 Å². The Bertz CT molecular complexity index is 1640. The van der Waals surface area contributed by atoms with E-state index < -0.39 is 28.5 Å². The van der Waals surface area contributed by atoms with E-state index in [1.807, 2.05) is 86.8 Å². The number of nitrogens with zero attached hydrogens (tertiary/aromatic N) is 2. The van der Waals surface area contributed by atoms with Crippen LogP contribution in [0, 0.1) is 13.8 Å². The monoisotopic (exact) mass is 615 g/mol. The summed E-state index contributed by atoms with van der Waals surface area (Å²) in [7, 11) is -2.60. The molecular formula is C34H37N3O4S2. The van der Waals surface area contributed by atoms with Crippen molar-refractivity contribution in [3.63, 3.8) is 0 Å². The number of anilines is 1. The van der Waals surface area contributed by atoms with Crippen molar-refractivity contribution < 1.29 is 18.0 Å². The van der Waals surface area contributed by atoms with E-state index >= 15 is 0 Å². The highest BCUT2D eigenvalue weighted by Gasteiger charge is 2.34. The zero-order valence-corrected chi connectivity index (χ0v) is 26.5. The predicted octanol–water partition coefficient (Wildman–Crippen LogP) is 5.61. The molecule has 1 atom stereocenters. The van der Waals surface area contributed by atoms with Crippen molar-refractivity contribution in [2.45, 2.75) is 42.6 Å².